The molecular formula is C16H15ClN2S. The second-order valence-corrected chi connectivity index (χ2v) is 6.93. The second kappa shape index (κ2) is 4.83. The zero-order chi connectivity index (χ0) is 14.4. The molecule has 0 saturated carbocycles. The lowest BCUT2D eigenvalue weighted by atomic mass is 9.98. The number of rotatable bonds is 1. The lowest BCUT2D eigenvalue weighted by molar-refractivity contribution is 1.05. The minimum atomic E-state index is 0.481. The summed E-state index contributed by atoms with van der Waals surface area (Å²) in [6.07, 6.45) is 0. The lowest BCUT2D eigenvalue weighted by Crippen LogP contribution is -1.95. The topological polar surface area (TPSA) is 25.8 Å². The summed E-state index contributed by atoms with van der Waals surface area (Å²) in [5.41, 5.74) is 4.42. The normalized spacial score (nSPS) is 11.2. The Hall–Kier alpha value is -1.45. The van der Waals surface area contributed by atoms with Crippen LogP contribution in [0.5, 0.6) is 0 Å². The summed E-state index contributed by atoms with van der Waals surface area (Å²) in [6.45, 7) is 8.40. The maximum atomic E-state index is 6.27. The van der Waals surface area contributed by atoms with E-state index in [0.29, 0.717) is 5.15 Å². The first-order chi connectivity index (χ1) is 9.49. The van der Waals surface area contributed by atoms with Crippen LogP contribution in [0.1, 0.15) is 20.9 Å². The van der Waals surface area contributed by atoms with Crippen LogP contribution in [0.15, 0.2) is 18.2 Å². The van der Waals surface area contributed by atoms with Crippen molar-refractivity contribution in [3.05, 3.63) is 44.2 Å². The summed E-state index contributed by atoms with van der Waals surface area (Å²) in [5, 5.41) is 11.1. The number of aryl methyl sites for hydroxylation is 4. The molecule has 0 saturated heterocycles. The quantitative estimate of drug-likeness (QED) is 0.614. The van der Waals surface area contributed by atoms with Crippen LogP contribution in [0.25, 0.3) is 22.0 Å². The maximum absolute atomic E-state index is 6.27. The van der Waals surface area contributed by atoms with Crippen molar-refractivity contribution in [2.24, 2.45) is 0 Å². The summed E-state index contributed by atoms with van der Waals surface area (Å²) in [7, 11) is 0. The SMILES string of the molecule is Cc1cc(-c2nnc(Cl)c3c(C)ccc(C)c23)c(C)s1. The van der Waals surface area contributed by atoms with Crippen molar-refractivity contribution < 1.29 is 0 Å². The Balaban J connectivity index is 2.47. The molecule has 2 aromatic heterocycles. The van der Waals surface area contributed by atoms with Gasteiger partial charge in [0.15, 0.2) is 5.15 Å². The molecule has 1 aromatic carbocycles. The predicted octanol–water partition coefficient (Wildman–Crippen LogP) is 5.25. The van der Waals surface area contributed by atoms with Crippen molar-refractivity contribution in [3.63, 3.8) is 0 Å². The minimum Gasteiger partial charge on any atom is -0.148 e. The molecule has 0 bridgehead atoms. The number of halogens is 1. The predicted molar refractivity (Wildman–Crippen MR) is 86.8 cm³/mol. The van der Waals surface area contributed by atoms with Gasteiger partial charge in [0.2, 0.25) is 0 Å². The summed E-state index contributed by atoms with van der Waals surface area (Å²) in [4.78, 5) is 2.55. The number of aromatic nitrogens is 2. The van der Waals surface area contributed by atoms with Crippen LogP contribution < -0.4 is 0 Å². The van der Waals surface area contributed by atoms with Crippen LogP contribution in [-0.4, -0.2) is 10.2 Å². The van der Waals surface area contributed by atoms with Crippen molar-refractivity contribution >= 4 is 33.7 Å². The number of nitrogens with zero attached hydrogens (tertiary/aromatic N) is 2. The van der Waals surface area contributed by atoms with E-state index in [1.165, 1.54) is 15.3 Å². The number of benzene rings is 1. The van der Waals surface area contributed by atoms with Gasteiger partial charge in [-0.25, -0.2) is 0 Å². The van der Waals surface area contributed by atoms with Gasteiger partial charge in [-0.3, -0.25) is 0 Å². The Bertz CT molecular complexity index is 813. The smallest absolute Gasteiger partial charge is 0.148 e. The maximum Gasteiger partial charge on any atom is 0.159 e. The van der Waals surface area contributed by atoms with E-state index < -0.39 is 0 Å². The van der Waals surface area contributed by atoms with Crippen LogP contribution >= 0.6 is 22.9 Å². The monoisotopic (exact) mass is 302 g/mol. The third-order valence-corrected chi connectivity index (χ3v) is 4.83. The van der Waals surface area contributed by atoms with Crippen LogP contribution in [0.3, 0.4) is 0 Å². The molecule has 0 fully saturated rings. The van der Waals surface area contributed by atoms with E-state index in [1.54, 1.807) is 11.3 Å². The molecular weight excluding hydrogens is 288 g/mol. The fourth-order valence-electron chi connectivity index (χ4n) is 2.63. The zero-order valence-corrected chi connectivity index (χ0v) is 13.5. The van der Waals surface area contributed by atoms with Gasteiger partial charge in [0.1, 0.15) is 5.69 Å². The third kappa shape index (κ3) is 2.02. The van der Waals surface area contributed by atoms with E-state index in [0.717, 1.165) is 27.6 Å². The van der Waals surface area contributed by atoms with E-state index >= 15 is 0 Å². The summed E-state index contributed by atoms with van der Waals surface area (Å²) in [6, 6.07) is 6.38. The number of hydrogen-bond acceptors (Lipinski definition) is 3. The average Bonchev–Trinajstić information content (AvgIpc) is 2.73. The van der Waals surface area contributed by atoms with E-state index in [2.05, 4.69) is 56.1 Å². The lowest BCUT2D eigenvalue weighted by Gasteiger charge is -2.11. The average molecular weight is 303 g/mol. The molecule has 20 heavy (non-hydrogen) atoms. The van der Waals surface area contributed by atoms with E-state index in [9.17, 15) is 0 Å². The summed E-state index contributed by atoms with van der Waals surface area (Å²) in [5.74, 6) is 0. The van der Waals surface area contributed by atoms with Crippen molar-refractivity contribution in [1.82, 2.24) is 10.2 Å². The molecule has 0 aliphatic carbocycles. The minimum absolute atomic E-state index is 0.481. The van der Waals surface area contributed by atoms with E-state index in [1.807, 2.05) is 0 Å². The standard InChI is InChI=1S/C16H15ClN2S/c1-8-5-6-9(2)14-13(8)15(18-19-16(14)17)12-7-10(3)20-11(12)4/h5-7H,1-4H3. The van der Waals surface area contributed by atoms with Gasteiger partial charge >= 0.3 is 0 Å². The Morgan fingerprint density at radius 3 is 2.20 bits per heavy atom. The molecule has 0 aliphatic heterocycles. The van der Waals surface area contributed by atoms with Gasteiger partial charge in [-0.15, -0.1) is 21.5 Å². The molecule has 3 rings (SSSR count). The van der Waals surface area contributed by atoms with Gasteiger partial charge in [0.25, 0.3) is 0 Å². The van der Waals surface area contributed by atoms with Crippen LogP contribution in [0.4, 0.5) is 0 Å². The first kappa shape index (κ1) is 13.5. The Labute approximate surface area is 127 Å². The molecule has 0 spiro atoms. The highest BCUT2D eigenvalue weighted by atomic mass is 35.5. The van der Waals surface area contributed by atoms with Gasteiger partial charge in [0, 0.05) is 26.1 Å². The molecule has 3 aromatic rings. The summed E-state index contributed by atoms with van der Waals surface area (Å²) >= 11 is 8.05. The molecule has 2 heterocycles. The van der Waals surface area contributed by atoms with Crippen molar-refractivity contribution in [3.8, 4) is 11.3 Å². The summed E-state index contributed by atoms with van der Waals surface area (Å²) < 4.78 is 0. The van der Waals surface area contributed by atoms with Crippen LogP contribution in [0.2, 0.25) is 5.15 Å². The Morgan fingerprint density at radius 2 is 1.60 bits per heavy atom. The first-order valence-corrected chi connectivity index (χ1v) is 7.68. The van der Waals surface area contributed by atoms with Crippen LogP contribution in [-0.2, 0) is 0 Å². The van der Waals surface area contributed by atoms with E-state index in [4.69, 9.17) is 11.6 Å². The first-order valence-electron chi connectivity index (χ1n) is 6.48. The Morgan fingerprint density at radius 1 is 0.950 bits per heavy atom. The van der Waals surface area contributed by atoms with Gasteiger partial charge in [-0.05, 0) is 44.9 Å². The molecule has 0 N–H and O–H groups in total. The fourth-order valence-corrected chi connectivity index (χ4v) is 3.84. The van der Waals surface area contributed by atoms with Crippen molar-refractivity contribution in [1.29, 1.82) is 0 Å². The molecule has 0 aliphatic rings. The molecule has 2 nitrogen and oxygen atoms in total. The number of thiophene rings is 1. The highest BCUT2D eigenvalue weighted by molar-refractivity contribution is 7.12. The van der Waals surface area contributed by atoms with E-state index in [-0.39, 0.29) is 0 Å². The van der Waals surface area contributed by atoms with Gasteiger partial charge in [0.05, 0.1) is 0 Å². The highest BCUT2D eigenvalue weighted by Gasteiger charge is 2.16. The molecule has 0 unspecified atom stereocenters. The number of hydrogen-bond donors (Lipinski definition) is 0. The third-order valence-electron chi connectivity index (χ3n) is 3.60. The fraction of sp³-hybridized carbons (Fsp3) is 0.250. The van der Waals surface area contributed by atoms with Gasteiger partial charge < -0.3 is 0 Å². The highest BCUT2D eigenvalue weighted by Crippen LogP contribution is 2.37. The van der Waals surface area contributed by atoms with Gasteiger partial charge in [-0.1, -0.05) is 23.7 Å². The molecule has 0 radical (unpaired) electrons. The molecule has 102 valence electrons. The second-order valence-electron chi connectivity index (χ2n) is 5.12. The Kier molecular flexibility index (Phi) is 3.27. The largest absolute Gasteiger partial charge is 0.159 e. The van der Waals surface area contributed by atoms with Crippen LogP contribution in [0, 0.1) is 27.7 Å². The molecule has 4 heteroatoms. The van der Waals surface area contributed by atoms with Crippen molar-refractivity contribution in [2.75, 3.05) is 0 Å². The molecule has 0 amide bonds. The molecule has 0 atom stereocenters. The van der Waals surface area contributed by atoms with Gasteiger partial charge in [-0.2, -0.15) is 0 Å². The zero-order valence-electron chi connectivity index (χ0n) is 11.9. The van der Waals surface area contributed by atoms with Crippen molar-refractivity contribution in [2.45, 2.75) is 27.7 Å². The number of fused-ring (bicyclic) bond motifs is 1.